The van der Waals surface area contributed by atoms with Crippen LogP contribution in [0.3, 0.4) is 0 Å². The van der Waals surface area contributed by atoms with Crippen LogP contribution in [0.4, 0.5) is 13.2 Å². The molecule has 7 nitrogen and oxygen atoms in total. The van der Waals surface area contributed by atoms with Gasteiger partial charge in [0.05, 0.1) is 10.5 Å². The van der Waals surface area contributed by atoms with Gasteiger partial charge in [0.1, 0.15) is 6.54 Å². The zero-order valence-electron chi connectivity index (χ0n) is 15.9. The van der Waals surface area contributed by atoms with Gasteiger partial charge in [-0.3, -0.25) is 9.59 Å². The third-order valence-corrected chi connectivity index (χ3v) is 6.65. The summed E-state index contributed by atoms with van der Waals surface area (Å²) < 4.78 is 65.4. The number of carbonyl (C=O) groups excluding carboxylic acids is 1. The molecule has 1 fully saturated rings. The van der Waals surface area contributed by atoms with Gasteiger partial charge in [-0.15, -0.1) is 0 Å². The lowest BCUT2D eigenvalue weighted by Gasteiger charge is -2.15. The standard InChI is InChI=1S/C19H20F3N3O4S/c20-19(21,22)15-5-8-18(27)24(12-15)13-17(26)23-11-14-3-6-16(7-4-14)30(28,29)25-9-1-2-10-25/h3-8,12H,1-2,9-11,13H2,(H,23,26). The van der Waals surface area contributed by atoms with Gasteiger partial charge in [0.2, 0.25) is 15.9 Å². The lowest BCUT2D eigenvalue weighted by atomic mass is 10.2. The van der Waals surface area contributed by atoms with Crippen LogP contribution in [0.2, 0.25) is 0 Å². The van der Waals surface area contributed by atoms with E-state index in [1.54, 1.807) is 12.1 Å². The molecule has 30 heavy (non-hydrogen) atoms. The number of pyridine rings is 1. The number of nitrogens with zero attached hydrogens (tertiary/aromatic N) is 2. The van der Waals surface area contributed by atoms with Gasteiger partial charge in [-0.2, -0.15) is 17.5 Å². The first-order chi connectivity index (χ1) is 14.1. The Morgan fingerprint density at radius 2 is 1.67 bits per heavy atom. The fourth-order valence-corrected chi connectivity index (χ4v) is 4.61. The van der Waals surface area contributed by atoms with Gasteiger partial charge in [0, 0.05) is 31.9 Å². The van der Waals surface area contributed by atoms with Crippen molar-refractivity contribution in [2.75, 3.05) is 13.1 Å². The van der Waals surface area contributed by atoms with E-state index >= 15 is 0 Å². The van der Waals surface area contributed by atoms with Gasteiger partial charge in [-0.1, -0.05) is 12.1 Å². The molecule has 1 N–H and O–H groups in total. The Hall–Kier alpha value is -2.66. The van der Waals surface area contributed by atoms with Crippen molar-refractivity contribution in [3.63, 3.8) is 0 Å². The summed E-state index contributed by atoms with van der Waals surface area (Å²) in [5.41, 5.74) is -1.14. The van der Waals surface area contributed by atoms with E-state index in [1.165, 1.54) is 16.4 Å². The van der Waals surface area contributed by atoms with E-state index in [0.717, 1.165) is 18.9 Å². The fourth-order valence-electron chi connectivity index (χ4n) is 3.09. The molecule has 0 aliphatic carbocycles. The van der Waals surface area contributed by atoms with Gasteiger partial charge in [-0.25, -0.2) is 8.42 Å². The van der Waals surface area contributed by atoms with E-state index < -0.39 is 39.8 Å². The maximum absolute atomic E-state index is 12.8. The highest BCUT2D eigenvalue weighted by Gasteiger charge is 2.31. The Morgan fingerprint density at radius 3 is 2.27 bits per heavy atom. The van der Waals surface area contributed by atoms with Gasteiger partial charge in [-0.05, 0) is 36.6 Å². The minimum absolute atomic E-state index is 0.0383. The third-order valence-electron chi connectivity index (χ3n) is 4.74. The molecule has 2 heterocycles. The molecule has 11 heteroatoms. The summed E-state index contributed by atoms with van der Waals surface area (Å²) in [5, 5.41) is 2.51. The molecule has 0 spiro atoms. The second kappa shape index (κ2) is 8.60. The number of halogens is 3. The Labute approximate surface area is 171 Å². The molecule has 0 radical (unpaired) electrons. The Morgan fingerprint density at radius 1 is 1.03 bits per heavy atom. The molecular weight excluding hydrogens is 423 g/mol. The number of nitrogens with one attached hydrogen (secondary N) is 1. The highest BCUT2D eigenvalue weighted by molar-refractivity contribution is 7.89. The number of benzene rings is 1. The maximum Gasteiger partial charge on any atom is 0.417 e. The number of rotatable bonds is 6. The maximum atomic E-state index is 12.8. The van der Waals surface area contributed by atoms with Crippen molar-refractivity contribution in [3.8, 4) is 0 Å². The predicted molar refractivity (Wildman–Crippen MR) is 102 cm³/mol. The van der Waals surface area contributed by atoms with E-state index in [9.17, 15) is 31.2 Å². The van der Waals surface area contributed by atoms with E-state index in [1.807, 2.05) is 0 Å². The number of hydrogen-bond acceptors (Lipinski definition) is 4. The Balaban J connectivity index is 1.61. The van der Waals surface area contributed by atoms with E-state index in [0.29, 0.717) is 35.5 Å². The van der Waals surface area contributed by atoms with Crippen molar-refractivity contribution in [2.45, 2.75) is 37.0 Å². The van der Waals surface area contributed by atoms with Crippen LogP contribution < -0.4 is 10.9 Å². The molecule has 0 saturated carbocycles. The van der Waals surface area contributed by atoms with E-state index in [-0.39, 0.29) is 11.4 Å². The van der Waals surface area contributed by atoms with Crippen LogP contribution in [0.25, 0.3) is 0 Å². The summed E-state index contributed by atoms with van der Waals surface area (Å²) in [6, 6.07) is 7.43. The summed E-state index contributed by atoms with van der Waals surface area (Å²) in [5.74, 6) is -0.648. The van der Waals surface area contributed by atoms with Crippen LogP contribution >= 0.6 is 0 Å². The van der Waals surface area contributed by atoms with Crippen molar-refractivity contribution in [3.05, 3.63) is 64.1 Å². The van der Waals surface area contributed by atoms with Crippen LogP contribution in [0, 0.1) is 0 Å². The number of hydrogen-bond donors (Lipinski definition) is 1. The molecule has 1 amide bonds. The van der Waals surface area contributed by atoms with Gasteiger partial charge in [0.25, 0.3) is 5.56 Å². The minimum Gasteiger partial charge on any atom is -0.350 e. The first-order valence-corrected chi connectivity index (χ1v) is 10.6. The van der Waals surface area contributed by atoms with Gasteiger partial charge < -0.3 is 9.88 Å². The van der Waals surface area contributed by atoms with Crippen molar-refractivity contribution in [1.82, 2.24) is 14.2 Å². The first kappa shape index (κ1) is 22.0. The molecule has 0 unspecified atom stereocenters. The highest BCUT2D eigenvalue weighted by atomic mass is 32.2. The number of amides is 1. The number of alkyl halides is 3. The molecule has 1 aromatic carbocycles. The molecule has 0 bridgehead atoms. The molecule has 0 atom stereocenters. The Bertz CT molecular complexity index is 1070. The molecule has 1 saturated heterocycles. The average molecular weight is 443 g/mol. The van der Waals surface area contributed by atoms with E-state index in [4.69, 9.17) is 0 Å². The smallest absolute Gasteiger partial charge is 0.350 e. The van der Waals surface area contributed by atoms with Crippen molar-refractivity contribution in [2.24, 2.45) is 0 Å². The second-order valence-corrected chi connectivity index (χ2v) is 8.85. The van der Waals surface area contributed by atoms with Crippen LogP contribution in [-0.2, 0) is 34.1 Å². The number of carbonyl (C=O) groups is 1. The zero-order valence-corrected chi connectivity index (χ0v) is 16.7. The summed E-state index contributed by atoms with van der Waals surface area (Å²) in [6.07, 6.45) is -2.36. The normalized spacial score (nSPS) is 15.3. The SMILES string of the molecule is O=C(Cn1cc(C(F)(F)F)ccc1=O)NCc1ccc(S(=O)(=O)N2CCCC2)cc1. The molecular formula is C19H20F3N3O4S. The molecule has 1 aromatic heterocycles. The first-order valence-electron chi connectivity index (χ1n) is 9.21. The molecule has 1 aliphatic heterocycles. The number of aromatic nitrogens is 1. The molecule has 2 aromatic rings. The fraction of sp³-hybridized carbons (Fsp3) is 0.368. The molecule has 3 rings (SSSR count). The van der Waals surface area contributed by atoms with Crippen molar-refractivity contribution >= 4 is 15.9 Å². The Kier molecular flexibility index (Phi) is 6.32. The summed E-state index contributed by atoms with van der Waals surface area (Å²) in [7, 11) is -3.53. The monoisotopic (exact) mass is 443 g/mol. The minimum atomic E-state index is -4.62. The summed E-state index contributed by atoms with van der Waals surface area (Å²) >= 11 is 0. The molecule has 1 aliphatic rings. The summed E-state index contributed by atoms with van der Waals surface area (Å²) in [4.78, 5) is 23.9. The lowest BCUT2D eigenvalue weighted by Crippen LogP contribution is -2.32. The van der Waals surface area contributed by atoms with Gasteiger partial charge in [0.15, 0.2) is 0 Å². The quantitative estimate of drug-likeness (QED) is 0.740. The average Bonchev–Trinajstić information content (AvgIpc) is 3.23. The van der Waals surface area contributed by atoms with Gasteiger partial charge >= 0.3 is 6.18 Å². The predicted octanol–water partition coefficient (Wildman–Crippen LogP) is 1.97. The second-order valence-electron chi connectivity index (χ2n) is 6.91. The molecule has 162 valence electrons. The van der Waals surface area contributed by atoms with Crippen LogP contribution in [0.1, 0.15) is 24.0 Å². The zero-order chi connectivity index (χ0) is 21.9. The van der Waals surface area contributed by atoms with Crippen LogP contribution in [0.5, 0.6) is 0 Å². The van der Waals surface area contributed by atoms with Crippen molar-refractivity contribution in [1.29, 1.82) is 0 Å². The van der Waals surface area contributed by atoms with Crippen LogP contribution in [-0.4, -0.2) is 36.3 Å². The van der Waals surface area contributed by atoms with Crippen LogP contribution in [0.15, 0.2) is 52.3 Å². The topological polar surface area (TPSA) is 88.5 Å². The third kappa shape index (κ3) is 5.08. The lowest BCUT2D eigenvalue weighted by molar-refractivity contribution is -0.138. The van der Waals surface area contributed by atoms with Crippen molar-refractivity contribution < 1.29 is 26.4 Å². The summed E-state index contributed by atoms with van der Waals surface area (Å²) in [6.45, 7) is 0.463. The van der Waals surface area contributed by atoms with E-state index in [2.05, 4.69) is 5.32 Å². The largest absolute Gasteiger partial charge is 0.417 e. The highest BCUT2D eigenvalue weighted by Crippen LogP contribution is 2.28. The number of sulfonamides is 1.